The molecule has 1 fully saturated rings. The zero-order valence-electron chi connectivity index (χ0n) is 36.9. The third-order valence-corrected chi connectivity index (χ3v) is 14.3. The predicted octanol–water partition coefficient (Wildman–Crippen LogP) is 17.9. The zero-order chi connectivity index (χ0) is 43.3. The Bertz CT molecular complexity index is 3420. The molecular weight excluding hydrogens is 785 g/mol. The van der Waals surface area contributed by atoms with E-state index in [-0.39, 0.29) is 0 Å². The number of nitrogens with zero attached hydrogens (tertiary/aromatic N) is 2. The molecule has 10 aromatic rings. The summed E-state index contributed by atoms with van der Waals surface area (Å²) in [5, 5.41) is 5.22. The Hall–Kier alpha value is -7.42. The molecule has 0 amide bonds. The molecule has 12 rings (SSSR count). The molecule has 2 aliphatic rings. The van der Waals surface area contributed by atoms with E-state index < -0.39 is 0 Å². The van der Waals surface area contributed by atoms with Crippen molar-refractivity contribution in [1.29, 1.82) is 0 Å². The molecule has 65 heavy (non-hydrogen) atoms. The van der Waals surface area contributed by atoms with Gasteiger partial charge in [-0.2, -0.15) is 0 Å². The summed E-state index contributed by atoms with van der Waals surface area (Å²) in [6.45, 7) is 4.82. The normalized spacial score (nSPS) is 17.3. The Labute approximate surface area is 382 Å². The molecule has 1 saturated carbocycles. The number of fused-ring (bicyclic) bond motifs is 7. The molecule has 0 aliphatic heterocycles. The lowest BCUT2D eigenvalue weighted by atomic mass is 9.76. The summed E-state index contributed by atoms with van der Waals surface area (Å²) in [6, 6.07) is 71.9. The fraction of sp³-hybridized carbons (Fsp3) is 0.143. The molecule has 2 aromatic heterocycles. The van der Waals surface area contributed by atoms with Gasteiger partial charge in [0.2, 0.25) is 0 Å². The van der Waals surface area contributed by atoms with Crippen LogP contribution in [0.4, 0.5) is 17.1 Å². The first-order chi connectivity index (χ1) is 32.2. The maximum absolute atomic E-state index is 4.82. The number of rotatable bonds is 7. The maximum atomic E-state index is 4.82. The molecule has 0 spiro atoms. The lowest BCUT2D eigenvalue weighted by Gasteiger charge is -2.29. The lowest BCUT2D eigenvalue weighted by Crippen LogP contribution is -2.10. The fourth-order valence-corrected chi connectivity index (χ4v) is 11.3. The third-order valence-electron chi connectivity index (χ3n) is 14.3. The van der Waals surface area contributed by atoms with Crippen LogP contribution in [0.1, 0.15) is 68.9 Å². The zero-order valence-corrected chi connectivity index (χ0v) is 36.9. The van der Waals surface area contributed by atoms with E-state index in [0.717, 1.165) is 42.7 Å². The molecule has 2 aliphatic carbocycles. The van der Waals surface area contributed by atoms with E-state index in [1.165, 1.54) is 120 Å². The number of anilines is 3. The predicted molar refractivity (Wildman–Crippen MR) is 278 cm³/mol. The van der Waals surface area contributed by atoms with Crippen LogP contribution in [0.2, 0.25) is 0 Å². The topological polar surface area (TPSA) is 7.65 Å². The van der Waals surface area contributed by atoms with Crippen molar-refractivity contribution in [2.75, 3.05) is 4.90 Å². The Morgan fingerprint density at radius 3 is 1.58 bits per heavy atom. The second-order valence-corrected chi connectivity index (χ2v) is 18.1. The van der Waals surface area contributed by atoms with Gasteiger partial charge in [0.15, 0.2) is 0 Å². The summed E-state index contributed by atoms with van der Waals surface area (Å²) in [6.07, 6.45) is 10.6. The van der Waals surface area contributed by atoms with Crippen LogP contribution in [0.5, 0.6) is 0 Å². The van der Waals surface area contributed by atoms with Gasteiger partial charge in [-0.1, -0.05) is 159 Å². The first-order valence-electron chi connectivity index (χ1n) is 23.7. The minimum atomic E-state index is 1.05. The molecule has 2 heterocycles. The molecule has 0 radical (unpaired) electrons. The van der Waals surface area contributed by atoms with Crippen LogP contribution in [-0.4, -0.2) is 4.40 Å². The highest BCUT2D eigenvalue weighted by Gasteiger charge is 2.25. The minimum absolute atomic E-state index is 1.05. The average Bonchev–Trinajstić information content (AvgIpc) is 3.90. The van der Waals surface area contributed by atoms with Crippen LogP contribution in [0.3, 0.4) is 0 Å². The molecule has 314 valence electrons. The second kappa shape index (κ2) is 16.6. The summed E-state index contributed by atoms with van der Waals surface area (Å²) < 4.78 is 2.47. The van der Waals surface area contributed by atoms with E-state index in [1.807, 2.05) is 0 Å². The van der Waals surface area contributed by atoms with Crippen molar-refractivity contribution in [3.8, 4) is 22.3 Å². The minimum Gasteiger partial charge on any atom is -0.311 e. The van der Waals surface area contributed by atoms with Crippen LogP contribution in [0, 0.1) is 0 Å². The number of hydrogen-bond acceptors (Lipinski definition) is 1. The number of allylic oxidation sites excluding steroid dienone is 5. The number of hydrogen-bond donors (Lipinski definition) is 0. The molecule has 0 bridgehead atoms. The average molecular weight is 837 g/mol. The number of benzene rings is 8. The van der Waals surface area contributed by atoms with Gasteiger partial charge < -0.3 is 9.30 Å². The molecule has 0 N–H and O–H groups in total. The Kier molecular flexibility index (Phi) is 10.0. The fourth-order valence-electron chi connectivity index (χ4n) is 11.3. The number of para-hydroxylation sites is 2. The first-order valence-corrected chi connectivity index (χ1v) is 23.7. The summed E-state index contributed by atoms with van der Waals surface area (Å²) in [4.78, 5) is 2.41. The van der Waals surface area contributed by atoms with E-state index in [1.54, 1.807) is 11.1 Å². The van der Waals surface area contributed by atoms with Crippen molar-refractivity contribution < 1.29 is 0 Å². The first kappa shape index (κ1) is 39.2. The summed E-state index contributed by atoms with van der Waals surface area (Å²) >= 11 is 0. The van der Waals surface area contributed by atoms with Gasteiger partial charge in [0.25, 0.3) is 0 Å². The van der Waals surface area contributed by atoms with Crippen molar-refractivity contribution in [2.45, 2.75) is 57.8 Å². The van der Waals surface area contributed by atoms with Crippen LogP contribution in [-0.2, 0) is 0 Å². The highest BCUT2D eigenvalue weighted by molar-refractivity contribution is 6.25. The maximum Gasteiger partial charge on any atom is 0.0620 e. The largest absolute Gasteiger partial charge is 0.311 e. The molecular formula is C63H52N2. The van der Waals surface area contributed by atoms with Gasteiger partial charge in [-0.15, -0.1) is 0 Å². The van der Waals surface area contributed by atoms with Crippen LogP contribution in [0.25, 0.3) is 71.5 Å². The molecule has 0 saturated heterocycles. The summed E-state index contributed by atoms with van der Waals surface area (Å²) in [5.41, 5.74) is 22.1. The van der Waals surface area contributed by atoms with Crippen molar-refractivity contribution in [3.05, 3.63) is 229 Å². The Morgan fingerprint density at radius 1 is 0.354 bits per heavy atom. The third kappa shape index (κ3) is 6.87. The Balaban J connectivity index is 0.967. The summed E-state index contributed by atoms with van der Waals surface area (Å²) in [7, 11) is 0. The van der Waals surface area contributed by atoms with Crippen molar-refractivity contribution in [3.63, 3.8) is 0 Å². The van der Waals surface area contributed by atoms with Crippen molar-refractivity contribution >= 4 is 66.3 Å². The van der Waals surface area contributed by atoms with E-state index in [0.29, 0.717) is 0 Å². The smallest absolute Gasteiger partial charge is 0.0620 e. The van der Waals surface area contributed by atoms with Crippen LogP contribution in [0.15, 0.2) is 217 Å². The lowest BCUT2D eigenvalue weighted by molar-refractivity contribution is 0.662. The van der Waals surface area contributed by atoms with Crippen molar-refractivity contribution in [2.24, 2.45) is 0 Å². The van der Waals surface area contributed by atoms with Gasteiger partial charge in [-0.3, -0.25) is 0 Å². The standard InChI is InChI=1S/C63H52N2/c1-43-17-5-2-10-22-52(46-20-8-4-9-21-46)54-23-11-12-25-56(54)61(43)48-35-41-51(42-36-48)64(49-37-31-45(32-38-49)44-18-6-3-7-19-44)50-39-33-47(34-40-50)53-26-16-30-60-62(53)58-28-15-27-57-55-24-13-14-29-59(55)65(60)63(57)58/h3-4,6-9,13-16,18-21,24,26-42H,1-2,5,10-12,17,22-23,25H2/b54-52+,61-56+. The summed E-state index contributed by atoms with van der Waals surface area (Å²) in [5.74, 6) is 0. The quantitative estimate of drug-likeness (QED) is 0.155. The Morgan fingerprint density at radius 2 is 0.862 bits per heavy atom. The van der Waals surface area contributed by atoms with E-state index in [4.69, 9.17) is 6.58 Å². The molecule has 0 atom stereocenters. The van der Waals surface area contributed by atoms with Crippen LogP contribution >= 0.6 is 0 Å². The highest BCUT2D eigenvalue weighted by Crippen LogP contribution is 2.47. The van der Waals surface area contributed by atoms with E-state index in [9.17, 15) is 0 Å². The SMILES string of the molecule is C=C1CCCCC/C(c2ccccc2)=C2/CCCC/C2=C/1c1ccc(N(c2ccc(-c3ccccc3)cc2)c2ccc(-c3cccc4c3c3cccc5c6ccccc6n4c53)cc2)cc1. The van der Waals surface area contributed by atoms with Gasteiger partial charge >= 0.3 is 0 Å². The molecule has 0 unspecified atom stereocenters. The van der Waals surface area contributed by atoms with E-state index in [2.05, 4.69) is 203 Å². The van der Waals surface area contributed by atoms with Gasteiger partial charge in [-0.25, -0.2) is 0 Å². The van der Waals surface area contributed by atoms with Gasteiger partial charge in [0, 0.05) is 38.6 Å². The molecule has 2 nitrogen and oxygen atoms in total. The highest BCUT2D eigenvalue weighted by atomic mass is 15.1. The van der Waals surface area contributed by atoms with Crippen molar-refractivity contribution in [1.82, 2.24) is 4.40 Å². The molecule has 8 aromatic carbocycles. The van der Waals surface area contributed by atoms with Crippen LogP contribution < -0.4 is 4.90 Å². The second-order valence-electron chi connectivity index (χ2n) is 18.1. The van der Waals surface area contributed by atoms with E-state index >= 15 is 0 Å². The monoisotopic (exact) mass is 836 g/mol. The van der Waals surface area contributed by atoms with Gasteiger partial charge in [-0.05, 0) is 161 Å². The number of aromatic nitrogens is 1. The van der Waals surface area contributed by atoms with Gasteiger partial charge in [0.05, 0.1) is 16.6 Å². The van der Waals surface area contributed by atoms with Gasteiger partial charge in [0.1, 0.15) is 0 Å². The molecule has 2 heteroatoms.